The molecule has 1 heterocycles. The van der Waals surface area contributed by atoms with Crippen molar-refractivity contribution >= 4 is 50.7 Å². The first-order valence-electron chi connectivity index (χ1n) is 9.25. The monoisotopic (exact) mass is 492 g/mol. The SMILES string of the molecule is CN(Cc1c(F)cccc1Cl)C(=O)C1CCN(S(=O)(=O)c2c(Cl)cccc2Cl)CC1. The molecule has 0 aliphatic carbocycles. The van der Waals surface area contributed by atoms with Crippen molar-refractivity contribution in [3.63, 3.8) is 0 Å². The van der Waals surface area contributed by atoms with Gasteiger partial charge in [-0.3, -0.25) is 4.79 Å². The van der Waals surface area contributed by atoms with E-state index in [0.717, 1.165) is 0 Å². The van der Waals surface area contributed by atoms with E-state index in [0.29, 0.717) is 12.8 Å². The number of carbonyl (C=O) groups excluding carboxylic acids is 1. The van der Waals surface area contributed by atoms with Gasteiger partial charge in [-0.15, -0.1) is 0 Å². The van der Waals surface area contributed by atoms with Crippen LogP contribution in [0.25, 0.3) is 0 Å². The van der Waals surface area contributed by atoms with Gasteiger partial charge in [0, 0.05) is 43.2 Å². The van der Waals surface area contributed by atoms with E-state index < -0.39 is 15.8 Å². The molecule has 1 fully saturated rings. The van der Waals surface area contributed by atoms with Crippen molar-refractivity contribution in [3.05, 3.63) is 62.8 Å². The van der Waals surface area contributed by atoms with Gasteiger partial charge in [0.1, 0.15) is 10.7 Å². The van der Waals surface area contributed by atoms with Gasteiger partial charge < -0.3 is 4.90 Å². The van der Waals surface area contributed by atoms with Crippen molar-refractivity contribution < 1.29 is 17.6 Å². The Morgan fingerprint density at radius 3 is 2.17 bits per heavy atom. The molecule has 2 aromatic rings. The maximum atomic E-state index is 14.0. The van der Waals surface area contributed by atoms with Crippen LogP contribution in [0.5, 0.6) is 0 Å². The van der Waals surface area contributed by atoms with Gasteiger partial charge >= 0.3 is 0 Å². The normalized spacial score (nSPS) is 15.9. The Balaban J connectivity index is 1.67. The second kappa shape index (κ2) is 9.40. The Kier molecular flexibility index (Phi) is 7.30. The first kappa shape index (κ1) is 23.3. The minimum atomic E-state index is -3.88. The summed E-state index contributed by atoms with van der Waals surface area (Å²) in [5, 5.41) is 0.372. The smallest absolute Gasteiger partial charge is 0.246 e. The van der Waals surface area contributed by atoms with E-state index >= 15 is 0 Å². The van der Waals surface area contributed by atoms with Gasteiger partial charge in [0.2, 0.25) is 15.9 Å². The molecule has 1 amide bonds. The summed E-state index contributed by atoms with van der Waals surface area (Å²) in [7, 11) is -2.29. The highest BCUT2D eigenvalue weighted by atomic mass is 35.5. The number of benzene rings is 2. The molecule has 10 heteroatoms. The lowest BCUT2D eigenvalue weighted by Gasteiger charge is -2.33. The van der Waals surface area contributed by atoms with Gasteiger partial charge in [0.05, 0.1) is 10.0 Å². The van der Waals surface area contributed by atoms with Crippen LogP contribution in [-0.4, -0.2) is 43.7 Å². The molecule has 0 bridgehead atoms. The first-order valence-corrected chi connectivity index (χ1v) is 11.8. The number of amides is 1. The van der Waals surface area contributed by atoms with Crippen LogP contribution in [0.2, 0.25) is 15.1 Å². The molecule has 2 aromatic carbocycles. The summed E-state index contributed by atoms with van der Waals surface area (Å²) in [4.78, 5) is 14.1. The fourth-order valence-electron chi connectivity index (χ4n) is 3.51. The van der Waals surface area contributed by atoms with Gasteiger partial charge in [-0.2, -0.15) is 4.31 Å². The van der Waals surface area contributed by atoms with E-state index in [1.807, 2.05) is 0 Å². The molecule has 3 rings (SSSR count). The number of piperidine rings is 1. The van der Waals surface area contributed by atoms with E-state index in [4.69, 9.17) is 34.8 Å². The van der Waals surface area contributed by atoms with Gasteiger partial charge in [-0.1, -0.05) is 46.9 Å². The number of carbonyl (C=O) groups is 1. The second-order valence-electron chi connectivity index (χ2n) is 7.12. The van der Waals surface area contributed by atoms with Crippen molar-refractivity contribution in [3.8, 4) is 0 Å². The molecule has 0 spiro atoms. The molecular formula is C20H20Cl3FN2O3S. The van der Waals surface area contributed by atoms with E-state index in [1.165, 1.54) is 33.5 Å². The van der Waals surface area contributed by atoms with Gasteiger partial charge in [0.25, 0.3) is 0 Å². The third-order valence-corrected chi connectivity index (χ3v) is 8.36. The molecular weight excluding hydrogens is 474 g/mol. The second-order valence-corrected chi connectivity index (χ2v) is 10.2. The Morgan fingerprint density at radius 2 is 1.60 bits per heavy atom. The molecule has 0 N–H and O–H groups in total. The number of hydrogen-bond acceptors (Lipinski definition) is 3. The van der Waals surface area contributed by atoms with Crippen LogP contribution >= 0.6 is 34.8 Å². The number of nitrogens with zero attached hydrogens (tertiary/aromatic N) is 2. The molecule has 1 aliphatic rings. The fraction of sp³-hybridized carbons (Fsp3) is 0.350. The highest BCUT2D eigenvalue weighted by Gasteiger charge is 2.35. The molecule has 0 saturated carbocycles. The molecule has 0 radical (unpaired) electrons. The summed E-state index contributed by atoms with van der Waals surface area (Å²) < 4.78 is 41.2. The maximum Gasteiger partial charge on any atom is 0.246 e. The van der Waals surface area contributed by atoms with Crippen LogP contribution in [0, 0.1) is 11.7 Å². The molecule has 1 saturated heterocycles. The summed E-state index contributed by atoms with van der Waals surface area (Å²) >= 11 is 18.2. The van der Waals surface area contributed by atoms with Crippen molar-refractivity contribution in [2.24, 2.45) is 5.92 Å². The minimum Gasteiger partial charge on any atom is -0.341 e. The van der Waals surface area contributed by atoms with E-state index in [-0.39, 0.29) is 57.0 Å². The van der Waals surface area contributed by atoms with Gasteiger partial charge in [-0.25, -0.2) is 12.8 Å². The van der Waals surface area contributed by atoms with E-state index in [9.17, 15) is 17.6 Å². The Hall–Kier alpha value is -1.38. The summed E-state index contributed by atoms with van der Waals surface area (Å²) in [6.45, 7) is 0.362. The van der Waals surface area contributed by atoms with Crippen LogP contribution < -0.4 is 0 Å². The van der Waals surface area contributed by atoms with Crippen LogP contribution in [-0.2, 0) is 21.4 Å². The quantitative estimate of drug-likeness (QED) is 0.598. The lowest BCUT2D eigenvalue weighted by atomic mass is 9.96. The number of sulfonamides is 1. The van der Waals surface area contributed by atoms with Crippen LogP contribution in [0.1, 0.15) is 18.4 Å². The maximum absolute atomic E-state index is 14.0. The third-order valence-electron chi connectivity index (χ3n) is 5.15. The zero-order valence-corrected chi connectivity index (χ0v) is 19.2. The summed E-state index contributed by atoms with van der Waals surface area (Å²) in [5.41, 5.74) is 0.253. The van der Waals surface area contributed by atoms with Crippen LogP contribution in [0.15, 0.2) is 41.3 Å². The van der Waals surface area contributed by atoms with Crippen molar-refractivity contribution in [2.75, 3.05) is 20.1 Å². The van der Waals surface area contributed by atoms with E-state index in [2.05, 4.69) is 0 Å². The topological polar surface area (TPSA) is 57.7 Å². The predicted molar refractivity (Wildman–Crippen MR) is 116 cm³/mol. The van der Waals surface area contributed by atoms with Crippen LogP contribution in [0.4, 0.5) is 4.39 Å². The van der Waals surface area contributed by atoms with E-state index in [1.54, 1.807) is 19.2 Å². The zero-order valence-electron chi connectivity index (χ0n) is 16.1. The third kappa shape index (κ3) is 4.75. The number of rotatable bonds is 5. The molecule has 30 heavy (non-hydrogen) atoms. The molecule has 0 aromatic heterocycles. The van der Waals surface area contributed by atoms with Crippen molar-refractivity contribution in [2.45, 2.75) is 24.3 Å². The molecule has 5 nitrogen and oxygen atoms in total. The molecule has 1 aliphatic heterocycles. The molecule has 0 atom stereocenters. The molecule has 0 unspecified atom stereocenters. The number of hydrogen-bond donors (Lipinski definition) is 0. The predicted octanol–water partition coefficient (Wildman–Crippen LogP) is 4.85. The highest BCUT2D eigenvalue weighted by Crippen LogP contribution is 2.33. The summed E-state index contributed by atoms with van der Waals surface area (Å²) in [6.07, 6.45) is 0.685. The summed E-state index contributed by atoms with van der Waals surface area (Å²) in [5.74, 6) is -1.02. The average Bonchev–Trinajstić information content (AvgIpc) is 2.70. The van der Waals surface area contributed by atoms with Crippen LogP contribution in [0.3, 0.4) is 0 Å². The average molecular weight is 494 g/mol. The lowest BCUT2D eigenvalue weighted by molar-refractivity contribution is -0.135. The molecule has 162 valence electrons. The minimum absolute atomic E-state index is 0.0398. The number of halogens is 4. The van der Waals surface area contributed by atoms with Crippen molar-refractivity contribution in [1.82, 2.24) is 9.21 Å². The summed E-state index contributed by atoms with van der Waals surface area (Å²) in [6, 6.07) is 8.89. The largest absolute Gasteiger partial charge is 0.341 e. The first-order chi connectivity index (χ1) is 14.1. The highest BCUT2D eigenvalue weighted by molar-refractivity contribution is 7.89. The Labute approximate surface area is 190 Å². The standard InChI is InChI=1S/C20H20Cl3FN2O3S/c1-25(12-14-15(21)4-3-7-18(14)24)20(27)13-8-10-26(11-9-13)30(28,29)19-16(22)5-2-6-17(19)23/h2-7,13H,8-12H2,1H3. The van der Waals surface area contributed by atoms with Gasteiger partial charge in [0.15, 0.2) is 0 Å². The Morgan fingerprint density at radius 1 is 1.07 bits per heavy atom. The fourth-order valence-corrected chi connectivity index (χ4v) is 6.30. The Bertz CT molecular complexity index is 1020. The zero-order chi connectivity index (χ0) is 22.1. The lowest BCUT2D eigenvalue weighted by Crippen LogP contribution is -2.43. The van der Waals surface area contributed by atoms with Gasteiger partial charge in [-0.05, 0) is 37.1 Å². The van der Waals surface area contributed by atoms with Crippen molar-refractivity contribution in [1.29, 1.82) is 0 Å².